The van der Waals surface area contributed by atoms with E-state index >= 15 is 0 Å². The quantitative estimate of drug-likeness (QED) is 0.751. The lowest BCUT2D eigenvalue weighted by atomic mass is 10.2. The molecule has 1 amide bonds. The molecule has 1 aromatic carbocycles. The Bertz CT molecular complexity index is 624. The first-order chi connectivity index (χ1) is 9.01. The highest BCUT2D eigenvalue weighted by atomic mass is 127. The third-order valence-electron chi connectivity index (χ3n) is 2.70. The van der Waals surface area contributed by atoms with Gasteiger partial charge in [-0.2, -0.15) is 5.10 Å². The van der Waals surface area contributed by atoms with Crippen LogP contribution in [0.15, 0.2) is 28.7 Å². The van der Waals surface area contributed by atoms with Crippen LogP contribution in [0.25, 0.3) is 0 Å². The smallest absolute Gasteiger partial charge is 0.273 e. The van der Waals surface area contributed by atoms with Gasteiger partial charge in [0.25, 0.3) is 5.91 Å². The van der Waals surface area contributed by atoms with Gasteiger partial charge in [0.15, 0.2) is 0 Å². The number of amides is 1. The molecular weight excluding hydrogens is 421 g/mol. The second-order valence-corrected chi connectivity index (χ2v) is 6.18. The average Bonchev–Trinajstić information content (AvgIpc) is 2.74. The van der Waals surface area contributed by atoms with Gasteiger partial charge < -0.3 is 5.32 Å². The molecule has 0 radical (unpaired) electrons. The Kier molecular flexibility index (Phi) is 4.62. The van der Waals surface area contributed by atoms with Crippen LogP contribution in [-0.4, -0.2) is 15.7 Å². The van der Waals surface area contributed by atoms with Gasteiger partial charge in [-0.25, -0.2) is 0 Å². The normalized spacial score (nSPS) is 10.5. The number of nitrogens with zero attached hydrogens (tertiary/aromatic N) is 2. The molecule has 1 N–H and O–H groups in total. The highest BCUT2D eigenvalue weighted by molar-refractivity contribution is 14.1. The Morgan fingerprint density at radius 2 is 2.21 bits per heavy atom. The molecule has 100 valence electrons. The largest absolute Gasteiger partial charge is 0.320 e. The van der Waals surface area contributed by atoms with Crippen molar-refractivity contribution >= 4 is 50.1 Å². The van der Waals surface area contributed by atoms with Gasteiger partial charge in [0.1, 0.15) is 5.69 Å². The molecule has 0 aliphatic rings. The van der Waals surface area contributed by atoms with E-state index in [-0.39, 0.29) is 5.91 Å². The average molecular weight is 434 g/mol. The molecule has 0 bridgehead atoms. The zero-order valence-electron chi connectivity index (χ0n) is 10.6. The molecule has 19 heavy (non-hydrogen) atoms. The molecule has 0 saturated carbocycles. The number of rotatable bonds is 3. The number of hydrogen-bond donors (Lipinski definition) is 1. The molecule has 2 rings (SSSR count). The van der Waals surface area contributed by atoms with Crippen LogP contribution in [0.2, 0.25) is 0 Å². The lowest BCUT2D eigenvalue weighted by Crippen LogP contribution is -2.16. The summed E-state index contributed by atoms with van der Waals surface area (Å²) in [6, 6.07) is 7.59. The molecule has 0 atom stereocenters. The lowest BCUT2D eigenvalue weighted by molar-refractivity contribution is 0.101. The molecule has 4 nitrogen and oxygen atoms in total. The van der Waals surface area contributed by atoms with Crippen LogP contribution < -0.4 is 5.32 Å². The predicted octanol–water partition coefficient (Wildman–Crippen LogP) is 3.60. The number of anilines is 1. The van der Waals surface area contributed by atoms with Crippen LogP contribution in [0.5, 0.6) is 0 Å². The second-order valence-electron chi connectivity index (χ2n) is 4.08. The maximum atomic E-state index is 12.2. The molecule has 0 spiro atoms. The summed E-state index contributed by atoms with van der Waals surface area (Å²) in [5.41, 5.74) is 2.22. The topological polar surface area (TPSA) is 46.9 Å². The Balaban J connectivity index is 2.23. The molecule has 0 fully saturated rings. The lowest BCUT2D eigenvalue weighted by Gasteiger charge is -2.07. The third-order valence-corrected chi connectivity index (χ3v) is 4.03. The number of aromatic nitrogens is 2. The first-order valence-electron chi connectivity index (χ1n) is 5.80. The maximum absolute atomic E-state index is 12.2. The summed E-state index contributed by atoms with van der Waals surface area (Å²) >= 11 is 5.67. The number of benzene rings is 1. The monoisotopic (exact) mass is 433 g/mol. The zero-order chi connectivity index (χ0) is 14.0. The summed E-state index contributed by atoms with van der Waals surface area (Å²) in [4.78, 5) is 12.2. The minimum Gasteiger partial charge on any atom is -0.320 e. The summed E-state index contributed by atoms with van der Waals surface area (Å²) in [5.74, 6) is -0.156. The fourth-order valence-corrected chi connectivity index (χ4v) is 3.09. The van der Waals surface area contributed by atoms with Crippen LogP contribution in [0, 0.1) is 3.57 Å². The van der Waals surface area contributed by atoms with Gasteiger partial charge in [-0.1, -0.05) is 6.92 Å². The van der Waals surface area contributed by atoms with Crippen LogP contribution in [-0.2, 0) is 13.5 Å². The minimum absolute atomic E-state index is 0.156. The van der Waals surface area contributed by atoms with Crippen molar-refractivity contribution < 1.29 is 4.79 Å². The summed E-state index contributed by atoms with van der Waals surface area (Å²) in [6.45, 7) is 2.01. The minimum atomic E-state index is -0.156. The predicted molar refractivity (Wildman–Crippen MR) is 87.4 cm³/mol. The number of carbonyl (C=O) groups excluding carboxylic acids is 1. The summed E-state index contributed by atoms with van der Waals surface area (Å²) in [7, 11) is 1.77. The molecule has 6 heteroatoms. The number of carbonyl (C=O) groups is 1. The number of aryl methyl sites for hydroxylation is 2. The molecule has 0 unspecified atom stereocenters. The van der Waals surface area contributed by atoms with Gasteiger partial charge in [-0.05, 0) is 69.2 Å². The van der Waals surface area contributed by atoms with Gasteiger partial charge in [0.2, 0.25) is 0 Å². The Labute approximate surface area is 133 Å². The van der Waals surface area contributed by atoms with Crippen molar-refractivity contribution in [1.82, 2.24) is 9.78 Å². The standard InChI is InChI=1S/C13H13BrIN3O/c1-3-9-7-12(18(2)17-9)13(19)16-11-5-4-8(15)6-10(11)14/h4-7H,3H2,1-2H3,(H,16,19). The van der Waals surface area contributed by atoms with E-state index in [1.165, 1.54) is 0 Å². The molecule has 1 heterocycles. The van der Waals surface area contributed by atoms with Crippen LogP contribution in [0.1, 0.15) is 23.1 Å². The summed E-state index contributed by atoms with van der Waals surface area (Å²) in [6.07, 6.45) is 0.814. The zero-order valence-corrected chi connectivity index (χ0v) is 14.3. The van der Waals surface area contributed by atoms with Gasteiger partial charge in [0, 0.05) is 15.1 Å². The maximum Gasteiger partial charge on any atom is 0.273 e. The molecule has 0 aliphatic heterocycles. The van der Waals surface area contributed by atoms with Crippen molar-refractivity contribution in [3.05, 3.63) is 43.7 Å². The summed E-state index contributed by atoms with van der Waals surface area (Å²) < 4.78 is 3.58. The molecule has 0 saturated heterocycles. The highest BCUT2D eigenvalue weighted by Gasteiger charge is 2.14. The van der Waals surface area contributed by atoms with Gasteiger partial charge in [-0.3, -0.25) is 9.48 Å². The number of hydrogen-bond acceptors (Lipinski definition) is 2. The van der Waals surface area contributed by atoms with E-state index in [1.54, 1.807) is 11.7 Å². The van der Waals surface area contributed by atoms with Crippen molar-refractivity contribution in [2.75, 3.05) is 5.32 Å². The van der Waals surface area contributed by atoms with Gasteiger partial charge >= 0.3 is 0 Å². The van der Waals surface area contributed by atoms with Crippen molar-refractivity contribution in [1.29, 1.82) is 0 Å². The van der Waals surface area contributed by atoms with E-state index in [9.17, 15) is 4.79 Å². The van der Waals surface area contributed by atoms with Crippen molar-refractivity contribution in [2.45, 2.75) is 13.3 Å². The number of nitrogens with one attached hydrogen (secondary N) is 1. The van der Waals surface area contributed by atoms with E-state index in [0.29, 0.717) is 5.69 Å². The Morgan fingerprint density at radius 1 is 1.47 bits per heavy atom. The van der Waals surface area contributed by atoms with E-state index in [0.717, 1.165) is 25.8 Å². The Hall–Kier alpha value is -0.890. The fraction of sp³-hybridized carbons (Fsp3) is 0.231. The van der Waals surface area contributed by atoms with Crippen molar-refractivity contribution in [3.8, 4) is 0 Å². The summed E-state index contributed by atoms with van der Waals surface area (Å²) in [5, 5.41) is 7.15. The fourth-order valence-electron chi connectivity index (χ4n) is 1.69. The molecule has 2 aromatic rings. The van der Waals surface area contributed by atoms with E-state index in [1.807, 2.05) is 31.2 Å². The first-order valence-corrected chi connectivity index (χ1v) is 7.67. The Morgan fingerprint density at radius 3 is 2.79 bits per heavy atom. The highest BCUT2D eigenvalue weighted by Crippen LogP contribution is 2.25. The van der Waals surface area contributed by atoms with Crippen LogP contribution in [0.3, 0.4) is 0 Å². The van der Waals surface area contributed by atoms with Gasteiger partial charge in [0.05, 0.1) is 11.4 Å². The van der Waals surface area contributed by atoms with Crippen molar-refractivity contribution in [2.24, 2.45) is 7.05 Å². The van der Waals surface area contributed by atoms with Crippen molar-refractivity contribution in [3.63, 3.8) is 0 Å². The van der Waals surface area contributed by atoms with Gasteiger partial charge in [-0.15, -0.1) is 0 Å². The molecule has 0 aliphatic carbocycles. The first kappa shape index (κ1) is 14.5. The van der Waals surface area contributed by atoms with E-state index in [2.05, 4.69) is 48.9 Å². The van der Waals surface area contributed by atoms with Crippen LogP contribution >= 0.6 is 38.5 Å². The molecule has 1 aromatic heterocycles. The number of halogens is 2. The van der Waals surface area contributed by atoms with Crippen LogP contribution in [0.4, 0.5) is 5.69 Å². The van der Waals surface area contributed by atoms with E-state index < -0.39 is 0 Å². The third kappa shape index (κ3) is 3.36. The SMILES string of the molecule is CCc1cc(C(=O)Nc2ccc(I)cc2Br)n(C)n1. The second kappa shape index (κ2) is 6.04. The molecular formula is C13H13BrIN3O. The van der Waals surface area contributed by atoms with E-state index in [4.69, 9.17) is 0 Å².